The van der Waals surface area contributed by atoms with Crippen LogP contribution in [-0.2, 0) is 6.42 Å². The highest BCUT2D eigenvalue weighted by atomic mass is 35.5. The number of H-pyrrole nitrogens is 1. The van der Waals surface area contributed by atoms with Crippen LogP contribution in [0, 0.1) is 0 Å². The van der Waals surface area contributed by atoms with E-state index in [2.05, 4.69) is 9.97 Å². The predicted octanol–water partition coefficient (Wildman–Crippen LogP) is 2.21. The zero-order valence-corrected chi connectivity index (χ0v) is 12.2. The van der Waals surface area contributed by atoms with Gasteiger partial charge in [-0.3, -0.25) is 14.3 Å². The van der Waals surface area contributed by atoms with Gasteiger partial charge in [0.05, 0.1) is 11.6 Å². The molecule has 2 aromatic heterocycles. The van der Waals surface area contributed by atoms with Crippen LogP contribution < -0.4 is 11.2 Å². The molecule has 2 rings (SSSR count). The van der Waals surface area contributed by atoms with Crippen LogP contribution in [0.5, 0.6) is 0 Å². The van der Waals surface area contributed by atoms with Crippen molar-refractivity contribution in [1.29, 1.82) is 0 Å². The average molecular weight is 300 g/mol. The van der Waals surface area contributed by atoms with E-state index in [-0.39, 0.29) is 16.8 Å². The van der Waals surface area contributed by atoms with Gasteiger partial charge in [0.2, 0.25) is 0 Å². The molecule has 1 unspecified atom stereocenters. The Labute approximate surface area is 118 Å². The number of nitrogens with one attached hydrogen (secondary N) is 1. The molecule has 1 N–H and O–H groups in total. The Kier molecular flexibility index (Phi) is 4.21. The second-order valence-corrected chi connectivity index (χ2v) is 5.35. The summed E-state index contributed by atoms with van der Waals surface area (Å²) in [5.41, 5.74) is -0.399. The highest BCUT2D eigenvalue weighted by Gasteiger charge is 2.21. The first-order chi connectivity index (χ1) is 9.10. The molecule has 0 aromatic carbocycles. The smallest absolute Gasteiger partial charge is 0.297 e. The van der Waals surface area contributed by atoms with Crippen LogP contribution in [0.4, 0.5) is 0 Å². The normalized spacial score (nSPS) is 12.6. The van der Waals surface area contributed by atoms with Crippen LogP contribution in [0.25, 0.3) is 0 Å². The minimum atomic E-state index is -0.491. The maximum absolute atomic E-state index is 12.4. The number of rotatable bonds is 4. The van der Waals surface area contributed by atoms with Crippen molar-refractivity contribution in [2.75, 3.05) is 0 Å². The van der Waals surface area contributed by atoms with Crippen LogP contribution in [0.15, 0.2) is 21.2 Å². The van der Waals surface area contributed by atoms with Gasteiger partial charge in [-0.05, 0) is 12.8 Å². The molecule has 0 bridgehead atoms. The van der Waals surface area contributed by atoms with Crippen LogP contribution in [0.2, 0.25) is 5.15 Å². The van der Waals surface area contributed by atoms with E-state index in [0.717, 1.165) is 5.01 Å². The lowest BCUT2D eigenvalue weighted by molar-refractivity contribution is 0.514. The summed E-state index contributed by atoms with van der Waals surface area (Å²) in [5, 5.41) is 2.70. The summed E-state index contributed by atoms with van der Waals surface area (Å²) in [4.78, 5) is 31.1. The van der Waals surface area contributed by atoms with Gasteiger partial charge in [0.15, 0.2) is 0 Å². The maximum Gasteiger partial charge on any atom is 0.330 e. The zero-order chi connectivity index (χ0) is 14.0. The fourth-order valence-corrected chi connectivity index (χ4v) is 3.12. The number of thiazole rings is 1. The van der Waals surface area contributed by atoms with Crippen LogP contribution in [0.1, 0.15) is 36.9 Å². The largest absolute Gasteiger partial charge is 0.330 e. The first-order valence-corrected chi connectivity index (χ1v) is 7.28. The van der Waals surface area contributed by atoms with Crippen molar-refractivity contribution in [3.05, 3.63) is 48.1 Å². The number of nitrogens with zero attached hydrogens (tertiary/aromatic N) is 2. The zero-order valence-electron chi connectivity index (χ0n) is 10.6. The third-order valence-electron chi connectivity index (χ3n) is 2.97. The summed E-state index contributed by atoms with van der Waals surface area (Å²) in [6.45, 7) is 3.74. The molecule has 7 heteroatoms. The molecule has 0 spiro atoms. The second kappa shape index (κ2) is 5.71. The van der Waals surface area contributed by atoms with Crippen molar-refractivity contribution in [2.24, 2.45) is 0 Å². The van der Waals surface area contributed by atoms with Gasteiger partial charge in [-0.1, -0.05) is 25.4 Å². The highest BCUT2D eigenvalue weighted by molar-refractivity contribution is 7.09. The molecular formula is C12H14ClN3O2S. The van der Waals surface area contributed by atoms with Gasteiger partial charge in [0, 0.05) is 11.6 Å². The Balaban J connectivity index is 2.68. The molecule has 19 heavy (non-hydrogen) atoms. The maximum atomic E-state index is 12.4. The Hall–Kier alpha value is -1.40. The van der Waals surface area contributed by atoms with Crippen molar-refractivity contribution in [1.82, 2.24) is 14.5 Å². The van der Waals surface area contributed by atoms with Crippen molar-refractivity contribution in [3.63, 3.8) is 0 Å². The number of aromatic nitrogens is 3. The van der Waals surface area contributed by atoms with Gasteiger partial charge in [-0.2, -0.15) is 0 Å². The van der Waals surface area contributed by atoms with Crippen LogP contribution in [0.3, 0.4) is 0 Å². The topological polar surface area (TPSA) is 67.8 Å². The third kappa shape index (κ3) is 2.50. The quantitative estimate of drug-likeness (QED) is 0.880. The summed E-state index contributed by atoms with van der Waals surface area (Å²) in [7, 11) is 0. The minimum absolute atomic E-state index is 0.128. The molecule has 0 aliphatic carbocycles. The molecule has 0 saturated carbocycles. The number of halogens is 1. The first kappa shape index (κ1) is 14.0. The van der Waals surface area contributed by atoms with Gasteiger partial charge in [0.25, 0.3) is 5.56 Å². The summed E-state index contributed by atoms with van der Waals surface area (Å²) < 4.78 is 1.21. The molecular weight excluding hydrogens is 286 g/mol. The highest BCUT2D eigenvalue weighted by Crippen LogP contribution is 2.21. The van der Waals surface area contributed by atoms with Gasteiger partial charge < -0.3 is 0 Å². The Morgan fingerprint density at radius 2 is 2.21 bits per heavy atom. The fourth-order valence-electron chi connectivity index (χ4n) is 2.02. The Bertz CT molecular complexity index is 675. The molecule has 0 aliphatic heterocycles. The van der Waals surface area contributed by atoms with E-state index in [4.69, 9.17) is 11.6 Å². The molecule has 0 amide bonds. The second-order valence-electron chi connectivity index (χ2n) is 4.05. The molecule has 2 aromatic rings. The van der Waals surface area contributed by atoms with E-state index in [1.165, 1.54) is 15.9 Å². The van der Waals surface area contributed by atoms with E-state index in [1.54, 1.807) is 6.20 Å². The van der Waals surface area contributed by atoms with Crippen molar-refractivity contribution >= 4 is 22.9 Å². The van der Waals surface area contributed by atoms with E-state index < -0.39 is 5.69 Å². The third-order valence-corrected chi connectivity index (χ3v) is 4.17. The van der Waals surface area contributed by atoms with E-state index >= 15 is 0 Å². The molecule has 0 aliphatic rings. The minimum Gasteiger partial charge on any atom is -0.297 e. The van der Waals surface area contributed by atoms with E-state index in [1.807, 2.05) is 19.2 Å². The van der Waals surface area contributed by atoms with Gasteiger partial charge >= 0.3 is 5.69 Å². The lowest BCUT2D eigenvalue weighted by atomic mass is 10.2. The molecule has 0 radical (unpaired) electrons. The molecule has 2 heterocycles. The van der Waals surface area contributed by atoms with Gasteiger partial charge in [-0.15, -0.1) is 11.3 Å². The number of hydrogen-bond acceptors (Lipinski definition) is 4. The summed E-state index contributed by atoms with van der Waals surface area (Å²) >= 11 is 7.33. The van der Waals surface area contributed by atoms with E-state index in [9.17, 15) is 9.59 Å². The molecule has 5 nitrogen and oxygen atoms in total. The monoisotopic (exact) mass is 299 g/mol. The SMILES string of the molecule is CCc1c(Cl)[nH]c(=O)n(C(CC)c2nccs2)c1=O. The standard InChI is InChI=1S/C12H14ClN3O2S/c1-3-7-9(13)15-12(18)16(11(7)17)8(4-2)10-14-5-6-19-10/h5-6,8H,3-4H2,1-2H3,(H,15,18). The summed E-state index contributed by atoms with van der Waals surface area (Å²) in [6, 6.07) is -0.348. The summed E-state index contributed by atoms with van der Waals surface area (Å²) in [6.07, 6.45) is 2.75. The molecule has 0 saturated heterocycles. The van der Waals surface area contributed by atoms with Crippen LogP contribution >= 0.6 is 22.9 Å². The molecule has 1 atom stereocenters. The van der Waals surface area contributed by atoms with Crippen molar-refractivity contribution in [3.8, 4) is 0 Å². The molecule has 0 fully saturated rings. The van der Waals surface area contributed by atoms with Gasteiger partial charge in [0.1, 0.15) is 10.2 Å². The lowest BCUT2D eigenvalue weighted by Gasteiger charge is -2.15. The number of aromatic amines is 1. The van der Waals surface area contributed by atoms with Gasteiger partial charge in [-0.25, -0.2) is 9.78 Å². The predicted molar refractivity (Wildman–Crippen MR) is 76.3 cm³/mol. The molecule has 102 valence electrons. The summed E-state index contributed by atoms with van der Waals surface area (Å²) in [5.74, 6) is 0. The van der Waals surface area contributed by atoms with Crippen molar-refractivity contribution in [2.45, 2.75) is 32.7 Å². The number of hydrogen-bond donors (Lipinski definition) is 1. The first-order valence-electron chi connectivity index (χ1n) is 6.02. The van der Waals surface area contributed by atoms with E-state index in [0.29, 0.717) is 18.4 Å². The fraction of sp³-hybridized carbons (Fsp3) is 0.417. The average Bonchev–Trinajstić information content (AvgIpc) is 2.88. The lowest BCUT2D eigenvalue weighted by Crippen LogP contribution is -2.40. The Morgan fingerprint density at radius 1 is 1.47 bits per heavy atom. The van der Waals surface area contributed by atoms with Crippen LogP contribution in [-0.4, -0.2) is 14.5 Å². The Morgan fingerprint density at radius 3 is 2.74 bits per heavy atom. The van der Waals surface area contributed by atoms with Crippen molar-refractivity contribution < 1.29 is 0 Å².